The number of benzene rings is 9. The lowest BCUT2D eigenvalue weighted by Gasteiger charge is -2.19. The summed E-state index contributed by atoms with van der Waals surface area (Å²) in [4.78, 5) is 0. The molecule has 0 bridgehead atoms. The van der Waals surface area contributed by atoms with E-state index in [1.165, 1.54) is 0 Å². The SMILES string of the molecule is [2H]c1c([2H])c([2H])c2c(-c3ccc(-c4ccccc4)c4ccccc34)c3c([2H])c([2H])c([2H])c([2H])c3c(-c3ccc4oc5ccc6oc7ccccc7c6c5c4c3)c2c1[2H]. The van der Waals surface area contributed by atoms with E-state index in [0.717, 1.165) is 49.0 Å². The van der Waals surface area contributed by atoms with E-state index in [1.54, 1.807) is 12.1 Å². The minimum Gasteiger partial charge on any atom is -0.456 e. The molecule has 0 fully saturated rings. The fourth-order valence-electron chi connectivity index (χ4n) is 7.81. The Balaban J connectivity index is 1.35. The van der Waals surface area contributed by atoms with Crippen molar-refractivity contribution in [1.82, 2.24) is 0 Å². The molecule has 0 atom stereocenters. The molecule has 0 amide bonds. The minimum absolute atomic E-state index is 0.154. The topological polar surface area (TPSA) is 26.3 Å². The van der Waals surface area contributed by atoms with Gasteiger partial charge in [-0.15, -0.1) is 0 Å². The molecule has 2 aromatic heterocycles. The van der Waals surface area contributed by atoms with Gasteiger partial charge >= 0.3 is 0 Å². The molecule has 0 N–H and O–H groups in total. The maximum atomic E-state index is 9.51. The molecule has 50 heavy (non-hydrogen) atoms. The monoisotopic (exact) mass is 644 g/mol. The van der Waals surface area contributed by atoms with Crippen molar-refractivity contribution < 1.29 is 19.8 Å². The zero-order valence-corrected chi connectivity index (χ0v) is 26.4. The Morgan fingerprint density at radius 1 is 0.340 bits per heavy atom. The molecule has 0 saturated heterocycles. The summed E-state index contributed by atoms with van der Waals surface area (Å²) < 4.78 is 86.3. The van der Waals surface area contributed by atoms with Crippen molar-refractivity contribution in [3.8, 4) is 33.4 Å². The second kappa shape index (κ2) is 10.4. The highest BCUT2D eigenvalue weighted by molar-refractivity contribution is 6.28. The second-order valence-electron chi connectivity index (χ2n) is 12.5. The zero-order chi connectivity index (χ0) is 39.7. The molecule has 11 rings (SSSR count). The molecule has 0 unspecified atom stereocenters. The van der Waals surface area contributed by atoms with Gasteiger partial charge in [0.05, 0.1) is 11.0 Å². The molecule has 11 aromatic rings. The molecule has 0 spiro atoms. The van der Waals surface area contributed by atoms with Crippen molar-refractivity contribution in [2.45, 2.75) is 0 Å². The van der Waals surface area contributed by atoms with E-state index in [9.17, 15) is 5.48 Å². The van der Waals surface area contributed by atoms with Crippen LogP contribution in [0.25, 0.3) is 110 Å². The molecule has 2 heteroatoms. The van der Waals surface area contributed by atoms with E-state index >= 15 is 0 Å². The van der Waals surface area contributed by atoms with Gasteiger partial charge in [0.25, 0.3) is 0 Å². The van der Waals surface area contributed by atoms with Crippen LogP contribution in [0.4, 0.5) is 0 Å². The van der Waals surface area contributed by atoms with Crippen molar-refractivity contribution in [1.29, 1.82) is 0 Å². The van der Waals surface area contributed by atoms with Crippen LogP contribution >= 0.6 is 0 Å². The van der Waals surface area contributed by atoms with Gasteiger partial charge in [-0.1, -0.05) is 139 Å². The van der Waals surface area contributed by atoms with Gasteiger partial charge in [-0.05, 0) is 96.0 Å². The zero-order valence-electron chi connectivity index (χ0n) is 34.4. The summed E-state index contributed by atoms with van der Waals surface area (Å²) in [6.45, 7) is 0. The van der Waals surface area contributed by atoms with Gasteiger partial charge in [0, 0.05) is 21.5 Å². The molecular formula is C48H28O2. The van der Waals surface area contributed by atoms with Crippen molar-refractivity contribution in [3.05, 3.63) is 170 Å². The number of fused-ring (bicyclic) bond motifs is 10. The summed E-state index contributed by atoms with van der Waals surface area (Å²) in [6.07, 6.45) is 0. The van der Waals surface area contributed by atoms with E-state index in [0.29, 0.717) is 33.4 Å². The van der Waals surface area contributed by atoms with Crippen LogP contribution in [0.5, 0.6) is 0 Å². The van der Waals surface area contributed by atoms with Crippen LogP contribution < -0.4 is 0 Å². The summed E-state index contributed by atoms with van der Waals surface area (Å²) in [7, 11) is 0. The van der Waals surface area contributed by atoms with Crippen LogP contribution in [0.3, 0.4) is 0 Å². The van der Waals surface area contributed by atoms with Gasteiger partial charge in [-0.3, -0.25) is 0 Å². The molecule has 0 aliphatic heterocycles. The maximum Gasteiger partial charge on any atom is 0.136 e. The predicted octanol–water partition coefficient (Wildman–Crippen LogP) is 13.9. The summed E-state index contributed by atoms with van der Waals surface area (Å²) >= 11 is 0. The standard InChI is InChI=1S/C48H28O2/c1-2-12-29(13-3-1)31-23-24-38(33-15-5-4-14-32(31)33)46-36-18-8-6-16-34(36)45(35-17-7-9-19-37(35)46)30-22-25-42-40(28-30)48-44(50-42)27-26-43-47(48)39-20-10-11-21-41(39)49-43/h1-28H/i6D,7D,8D,9D,16D,17D,18D,19D. The van der Waals surface area contributed by atoms with Crippen LogP contribution in [0.2, 0.25) is 0 Å². The Labute approximate surface area is 298 Å². The van der Waals surface area contributed by atoms with E-state index < -0.39 is 24.2 Å². The van der Waals surface area contributed by atoms with Gasteiger partial charge in [0.15, 0.2) is 0 Å². The minimum atomic E-state index is -0.449. The molecule has 0 aliphatic carbocycles. The summed E-state index contributed by atoms with van der Waals surface area (Å²) in [6, 6.07) is 35.5. The highest BCUT2D eigenvalue weighted by atomic mass is 16.3. The number of rotatable bonds is 3. The second-order valence-corrected chi connectivity index (χ2v) is 12.5. The van der Waals surface area contributed by atoms with Crippen molar-refractivity contribution in [3.63, 3.8) is 0 Å². The van der Waals surface area contributed by atoms with Crippen LogP contribution in [0.1, 0.15) is 11.0 Å². The number of para-hydroxylation sites is 1. The van der Waals surface area contributed by atoms with Crippen molar-refractivity contribution in [2.24, 2.45) is 0 Å². The largest absolute Gasteiger partial charge is 0.456 e. The maximum absolute atomic E-state index is 9.51. The highest BCUT2D eigenvalue weighted by Gasteiger charge is 2.21. The van der Waals surface area contributed by atoms with Gasteiger partial charge in [-0.25, -0.2) is 0 Å². The quantitative estimate of drug-likeness (QED) is 0.179. The highest BCUT2D eigenvalue weighted by Crippen LogP contribution is 2.48. The fraction of sp³-hybridized carbons (Fsp3) is 0. The van der Waals surface area contributed by atoms with Gasteiger partial charge in [-0.2, -0.15) is 0 Å². The third-order valence-corrected chi connectivity index (χ3v) is 9.92. The summed E-state index contributed by atoms with van der Waals surface area (Å²) in [5.74, 6) is 0. The number of furan rings is 2. The Morgan fingerprint density at radius 3 is 1.52 bits per heavy atom. The molecule has 0 radical (unpaired) electrons. The molecule has 2 nitrogen and oxygen atoms in total. The lowest BCUT2D eigenvalue weighted by atomic mass is 9.83. The van der Waals surface area contributed by atoms with Gasteiger partial charge in [0.1, 0.15) is 22.3 Å². The van der Waals surface area contributed by atoms with E-state index in [1.807, 2.05) is 109 Å². The van der Waals surface area contributed by atoms with E-state index in [-0.39, 0.29) is 51.3 Å². The van der Waals surface area contributed by atoms with Crippen LogP contribution in [0.15, 0.2) is 179 Å². The average molecular weight is 645 g/mol. The molecule has 9 aromatic carbocycles. The average Bonchev–Trinajstić information content (AvgIpc) is 3.83. The first-order valence-corrected chi connectivity index (χ1v) is 16.4. The van der Waals surface area contributed by atoms with Gasteiger partial charge < -0.3 is 8.83 Å². The number of hydrogen-bond donors (Lipinski definition) is 0. The molecular weight excluding hydrogens is 609 g/mol. The molecule has 232 valence electrons. The fourth-order valence-corrected chi connectivity index (χ4v) is 7.81. The van der Waals surface area contributed by atoms with E-state index in [2.05, 4.69) is 0 Å². The molecule has 0 aliphatic rings. The van der Waals surface area contributed by atoms with Crippen LogP contribution in [-0.2, 0) is 0 Å². The summed E-state index contributed by atoms with van der Waals surface area (Å²) in [5.41, 5.74) is 6.22. The van der Waals surface area contributed by atoms with Crippen molar-refractivity contribution >= 4 is 76.2 Å². The van der Waals surface area contributed by atoms with E-state index in [4.69, 9.17) is 14.3 Å². The predicted molar refractivity (Wildman–Crippen MR) is 210 cm³/mol. The first-order valence-electron chi connectivity index (χ1n) is 20.4. The first kappa shape index (κ1) is 20.7. The molecule has 0 saturated carbocycles. The Morgan fingerprint density at radius 2 is 0.840 bits per heavy atom. The first-order chi connectivity index (χ1) is 28.1. The number of hydrogen-bond acceptors (Lipinski definition) is 2. The van der Waals surface area contributed by atoms with Crippen LogP contribution in [-0.4, -0.2) is 0 Å². The smallest absolute Gasteiger partial charge is 0.136 e. The third-order valence-electron chi connectivity index (χ3n) is 9.92. The third kappa shape index (κ3) is 3.85. The van der Waals surface area contributed by atoms with Gasteiger partial charge in [0.2, 0.25) is 0 Å². The van der Waals surface area contributed by atoms with Crippen molar-refractivity contribution in [2.75, 3.05) is 0 Å². The lowest BCUT2D eigenvalue weighted by Crippen LogP contribution is -1.92. The Kier molecular flexibility index (Phi) is 4.31. The lowest BCUT2D eigenvalue weighted by molar-refractivity contribution is 0.663. The normalized spacial score (nSPS) is 14.2. The van der Waals surface area contributed by atoms with Crippen LogP contribution in [0, 0.1) is 0 Å². The molecule has 2 heterocycles. The Hall–Kier alpha value is -6.64. The summed E-state index contributed by atoms with van der Waals surface area (Å²) in [5, 5.41) is 5.58. The Bertz CT molecular complexity index is 3530.